The van der Waals surface area contributed by atoms with Gasteiger partial charge in [-0.25, -0.2) is 0 Å². The number of hydrogen-bond donors (Lipinski definition) is 1. The van der Waals surface area contributed by atoms with Crippen molar-refractivity contribution in [2.45, 2.75) is 58.4 Å². The maximum Gasteiger partial charge on any atom is 0.191 e. The molecular weight excluding hydrogens is 198 g/mol. The lowest BCUT2D eigenvalue weighted by molar-refractivity contribution is 0.326. The lowest BCUT2D eigenvalue weighted by Gasteiger charge is -2.28. The van der Waals surface area contributed by atoms with E-state index < -0.39 is 0 Å². The summed E-state index contributed by atoms with van der Waals surface area (Å²) in [6, 6.07) is 0.610. The average molecular weight is 225 g/mol. The molecule has 0 spiro atoms. The Balaban J connectivity index is 2.47. The van der Waals surface area contributed by atoms with E-state index in [-0.39, 0.29) is 0 Å². The largest absolute Gasteiger partial charge is 0.370 e. The van der Waals surface area contributed by atoms with Crippen molar-refractivity contribution in [1.82, 2.24) is 4.90 Å². The third-order valence-corrected chi connectivity index (χ3v) is 3.35. The first-order valence-electron chi connectivity index (χ1n) is 6.64. The van der Waals surface area contributed by atoms with Gasteiger partial charge in [0.25, 0.3) is 0 Å². The molecule has 0 saturated heterocycles. The lowest BCUT2D eigenvalue weighted by atomic mass is 10.1. The fourth-order valence-corrected chi connectivity index (χ4v) is 2.22. The van der Waals surface area contributed by atoms with Crippen molar-refractivity contribution >= 4 is 5.96 Å². The Hall–Kier alpha value is -0.730. The van der Waals surface area contributed by atoms with Crippen LogP contribution in [0.15, 0.2) is 4.99 Å². The summed E-state index contributed by atoms with van der Waals surface area (Å²) in [5.74, 6) is 1.31. The molecule has 16 heavy (non-hydrogen) atoms. The molecule has 0 radical (unpaired) electrons. The van der Waals surface area contributed by atoms with Gasteiger partial charge in [0.2, 0.25) is 0 Å². The maximum atomic E-state index is 6.02. The van der Waals surface area contributed by atoms with Gasteiger partial charge in [0.15, 0.2) is 5.96 Å². The molecule has 2 N–H and O–H groups in total. The first-order valence-corrected chi connectivity index (χ1v) is 6.64. The van der Waals surface area contributed by atoms with Crippen molar-refractivity contribution in [3.63, 3.8) is 0 Å². The van der Waals surface area contributed by atoms with Crippen LogP contribution in [-0.4, -0.2) is 30.5 Å². The highest BCUT2D eigenvalue weighted by atomic mass is 15.3. The molecule has 0 aromatic rings. The third kappa shape index (κ3) is 4.42. The Kier molecular flexibility index (Phi) is 5.64. The van der Waals surface area contributed by atoms with Crippen LogP contribution in [0.1, 0.15) is 52.4 Å². The number of hydrogen-bond acceptors (Lipinski definition) is 1. The van der Waals surface area contributed by atoms with E-state index in [0.717, 1.165) is 12.5 Å². The first-order chi connectivity index (χ1) is 7.61. The number of nitrogens with zero attached hydrogens (tertiary/aromatic N) is 2. The van der Waals surface area contributed by atoms with Gasteiger partial charge >= 0.3 is 0 Å². The third-order valence-electron chi connectivity index (χ3n) is 3.35. The van der Waals surface area contributed by atoms with Crippen LogP contribution in [0.4, 0.5) is 0 Å². The van der Waals surface area contributed by atoms with Crippen LogP contribution in [0.25, 0.3) is 0 Å². The molecule has 0 heterocycles. The van der Waals surface area contributed by atoms with Crippen molar-refractivity contribution < 1.29 is 0 Å². The van der Waals surface area contributed by atoms with E-state index in [0.29, 0.717) is 12.0 Å². The second-order valence-electron chi connectivity index (χ2n) is 5.35. The van der Waals surface area contributed by atoms with E-state index in [1.807, 2.05) is 0 Å². The molecule has 3 nitrogen and oxygen atoms in total. The molecule has 1 aliphatic rings. The normalized spacial score (nSPS) is 19.9. The summed E-state index contributed by atoms with van der Waals surface area (Å²) in [6.45, 7) is 5.17. The highest BCUT2D eigenvalue weighted by Crippen LogP contribution is 2.20. The topological polar surface area (TPSA) is 41.6 Å². The molecule has 0 aliphatic heterocycles. The molecule has 1 fully saturated rings. The second kappa shape index (κ2) is 6.77. The summed E-state index contributed by atoms with van der Waals surface area (Å²) in [4.78, 5) is 6.64. The number of rotatable bonds is 3. The summed E-state index contributed by atoms with van der Waals surface area (Å²) in [6.07, 6.45) is 7.99. The smallest absolute Gasteiger partial charge is 0.191 e. The van der Waals surface area contributed by atoms with Crippen molar-refractivity contribution in [2.24, 2.45) is 16.6 Å². The van der Waals surface area contributed by atoms with E-state index >= 15 is 0 Å². The lowest BCUT2D eigenvalue weighted by Crippen LogP contribution is -2.41. The fraction of sp³-hybridized carbons (Fsp3) is 0.923. The van der Waals surface area contributed by atoms with Gasteiger partial charge in [0.1, 0.15) is 0 Å². The van der Waals surface area contributed by atoms with Crippen molar-refractivity contribution in [2.75, 3.05) is 13.6 Å². The van der Waals surface area contributed by atoms with Crippen LogP contribution in [0.3, 0.4) is 0 Å². The molecule has 0 aromatic heterocycles. The monoisotopic (exact) mass is 225 g/mol. The SMILES string of the molecule is CC(C)CN=C(N)N(C)C1CCCCCC1. The Morgan fingerprint density at radius 1 is 1.25 bits per heavy atom. The zero-order valence-corrected chi connectivity index (χ0v) is 11.1. The van der Waals surface area contributed by atoms with Gasteiger partial charge in [-0.3, -0.25) is 4.99 Å². The van der Waals surface area contributed by atoms with E-state index in [4.69, 9.17) is 5.73 Å². The molecular formula is C13H27N3. The van der Waals surface area contributed by atoms with Gasteiger partial charge in [0.05, 0.1) is 0 Å². The summed E-state index contributed by atoms with van der Waals surface area (Å²) >= 11 is 0. The molecule has 0 atom stereocenters. The molecule has 3 heteroatoms. The van der Waals surface area contributed by atoms with Gasteiger partial charge in [0, 0.05) is 19.6 Å². The van der Waals surface area contributed by atoms with Gasteiger partial charge in [-0.1, -0.05) is 39.5 Å². The van der Waals surface area contributed by atoms with Crippen LogP contribution in [0.2, 0.25) is 0 Å². The second-order valence-corrected chi connectivity index (χ2v) is 5.35. The Bertz CT molecular complexity index is 215. The summed E-state index contributed by atoms with van der Waals surface area (Å²) < 4.78 is 0. The molecule has 1 rings (SSSR count). The van der Waals surface area contributed by atoms with Crippen LogP contribution in [0.5, 0.6) is 0 Å². The Labute approximate surface area is 100 Å². The Morgan fingerprint density at radius 3 is 2.31 bits per heavy atom. The van der Waals surface area contributed by atoms with Crippen LogP contribution < -0.4 is 5.73 Å². The molecule has 94 valence electrons. The van der Waals surface area contributed by atoms with E-state index in [1.54, 1.807) is 0 Å². The molecule has 0 amide bonds. The van der Waals surface area contributed by atoms with E-state index in [9.17, 15) is 0 Å². The first kappa shape index (κ1) is 13.3. The van der Waals surface area contributed by atoms with Crippen LogP contribution in [0, 0.1) is 5.92 Å². The Morgan fingerprint density at radius 2 is 1.81 bits per heavy atom. The predicted molar refractivity (Wildman–Crippen MR) is 70.6 cm³/mol. The number of guanidine groups is 1. The molecule has 0 aromatic carbocycles. The van der Waals surface area contributed by atoms with Crippen molar-refractivity contribution in [3.05, 3.63) is 0 Å². The predicted octanol–water partition coefficient (Wildman–Crippen LogP) is 2.61. The quantitative estimate of drug-likeness (QED) is 0.456. The van der Waals surface area contributed by atoms with E-state index in [1.165, 1.54) is 38.5 Å². The average Bonchev–Trinajstić information content (AvgIpc) is 2.53. The summed E-state index contributed by atoms with van der Waals surface area (Å²) in [7, 11) is 2.09. The summed E-state index contributed by atoms with van der Waals surface area (Å²) in [5, 5.41) is 0. The number of nitrogens with two attached hydrogens (primary N) is 1. The van der Waals surface area contributed by atoms with Gasteiger partial charge in [-0.15, -0.1) is 0 Å². The van der Waals surface area contributed by atoms with Gasteiger partial charge < -0.3 is 10.6 Å². The minimum atomic E-state index is 0.584. The van der Waals surface area contributed by atoms with Gasteiger partial charge in [-0.05, 0) is 18.8 Å². The standard InChI is InChI=1S/C13H27N3/c1-11(2)10-15-13(14)16(3)12-8-6-4-5-7-9-12/h11-12H,4-10H2,1-3H3,(H2,14,15). The molecule has 1 aliphatic carbocycles. The highest BCUT2D eigenvalue weighted by molar-refractivity contribution is 5.78. The van der Waals surface area contributed by atoms with E-state index in [2.05, 4.69) is 30.8 Å². The molecule has 1 saturated carbocycles. The minimum absolute atomic E-state index is 0.584. The van der Waals surface area contributed by atoms with Gasteiger partial charge in [-0.2, -0.15) is 0 Å². The number of aliphatic imine (C=N–C) groups is 1. The van der Waals surface area contributed by atoms with Crippen molar-refractivity contribution in [3.8, 4) is 0 Å². The highest BCUT2D eigenvalue weighted by Gasteiger charge is 2.18. The zero-order valence-electron chi connectivity index (χ0n) is 11.1. The molecule has 0 unspecified atom stereocenters. The summed E-state index contributed by atoms with van der Waals surface area (Å²) in [5.41, 5.74) is 6.02. The minimum Gasteiger partial charge on any atom is -0.370 e. The maximum absolute atomic E-state index is 6.02. The van der Waals surface area contributed by atoms with Crippen LogP contribution >= 0.6 is 0 Å². The zero-order chi connectivity index (χ0) is 12.0. The fourth-order valence-electron chi connectivity index (χ4n) is 2.22. The van der Waals surface area contributed by atoms with Crippen molar-refractivity contribution in [1.29, 1.82) is 0 Å². The molecule has 0 bridgehead atoms. The van der Waals surface area contributed by atoms with Crippen LogP contribution in [-0.2, 0) is 0 Å².